The molecule has 0 bridgehead atoms. The van der Waals surface area contributed by atoms with E-state index in [0.717, 1.165) is 15.6 Å². The summed E-state index contributed by atoms with van der Waals surface area (Å²) in [6.45, 7) is 1.97. The van der Waals surface area contributed by atoms with E-state index in [9.17, 15) is 4.79 Å². The van der Waals surface area contributed by atoms with Crippen LogP contribution in [0.25, 0.3) is 11.1 Å². The van der Waals surface area contributed by atoms with Crippen molar-refractivity contribution in [3.8, 4) is 0 Å². The fraction of sp³-hybridized carbons (Fsp3) is 0.222. The van der Waals surface area contributed by atoms with Crippen molar-refractivity contribution < 1.29 is 4.42 Å². The molecule has 1 heterocycles. The Morgan fingerprint density at radius 1 is 1.46 bits per heavy atom. The standard InChI is InChI=1S/C9H8BrNO2/c1-5-3-7-8(4-6(5)10)13-9(12)11(7)2/h3-4H,1-2H3. The summed E-state index contributed by atoms with van der Waals surface area (Å²) in [6.07, 6.45) is 0. The van der Waals surface area contributed by atoms with E-state index < -0.39 is 0 Å². The minimum absolute atomic E-state index is 0.326. The number of oxazole rings is 1. The van der Waals surface area contributed by atoms with E-state index >= 15 is 0 Å². The highest BCUT2D eigenvalue weighted by atomic mass is 79.9. The van der Waals surface area contributed by atoms with Gasteiger partial charge in [0.2, 0.25) is 0 Å². The molecule has 0 saturated carbocycles. The monoisotopic (exact) mass is 241 g/mol. The molecule has 1 aromatic heterocycles. The lowest BCUT2D eigenvalue weighted by Gasteiger charge is -1.97. The minimum Gasteiger partial charge on any atom is -0.408 e. The van der Waals surface area contributed by atoms with Gasteiger partial charge in [-0.2, -0.15) is 0 Å². The highest BCUT2D eigenvalue weighted by molar-refractivity contribution is 9.10. The van der Waals surface area contributed by atoms with E-state index in [1.807, 2.05) is 19.1 Å². The van der Waals surface area contributed by atoms with E-state index in [2.05, 4.69) is 15.9 Å². The maximum atomic E-state index is 11.1. The molecule has 0 unspecified atom stereocenters. The average molecular weight is 242 g/mol. The van der Waals surface area contributed by atoms with E-state index in [4.69, 9.17) is 4.42 Å². The molecule has 0 aliphatic rings. The van der Waals surface area contributed by atoms with Crippen molar-refractivity contribution in [2.24, 2.45) is 7.05 Å². The molecule has 2 aromatic rings. The molecule has 4 heteroatoms. The predicted octanol–water partition coefficient (Wildman–Crippen LogP) is 2.20. The summed E-state index contributed by atoms with van der Waals surface area (Å²) in [5.74, 6) is -0.326. The molecule has 0 radical (unpaired) electrons. The van der Waals surface area contributed by atoms with Gasteiger partial charge >= 0.3 is 5.76 Å². The first-order valence-electron chi connectivity index (χ1n) is 3.85. The first-order chi connectivity index (χ1) is 6.09. The van der Waals surface area contributed by atoms with Crippen molar-refractivity contribution in [3.63, 3.8) is 0 Å². The van der Waals surface area contributed by atoms with Crippen LogP contribution in [0.1, 0.15) is 5.56 Å². The van der Waals surface area contributed by atoms with Gasteiger partial charge in [0, 0.05) is 11.5 Å². The van der Waals surface area contributed by atoms with Crippen LogP contribution in [0, 0.1) is 6.92 Å². The molecule has 0 aliphatic heterocycles. The van der Waals surface area contributed by atoms with Crippen molar-refractivity contribution in [2.45, 2.75) is 6.92 Å². The number of halogens is 1. The Morgan fingerprint density at radius 2 is 2.15 bits per heavy atom. The predicted molar refractivity (Wildman–Crippen MR) is 53.9 cm³/mol. The molecular weight excluding hydrogens is 234 g/mol. The van der Waals surface area contributed by atoms with Crippen LogP contribution in [-0.2, 0) is 7.05 Å². The van der Waals surface area contributed by atoms with Gasteiger partial charge in [-0.05, 0) is 24.6 Å². The first kappa shape index (κ1) is 8.56. The Bertz CT molecular complexity index is 524. The van der Waals surface area contributed by atoms with Gasteiger partial charge in [0.1, 0.15) is 0 Å². The number of hydrogen-bond donors (Lipinski definition) is 0. The van der Waals surface area contributed by atoms with Gasteiger partial charge in [0.25, 0.3) is 0 Å². The summed E-state index contributed by atoms with van der Waals surface area (Å²) in [7, 11) is 1.70. The van der Waals surface area contributed by atoms with Crippen LogP contribution in [-0.4, -0.2) is 4.57 Å². The van der Waals surface area contributed by atoms with Crippen molar-refractivity contribution >= 4 is 27.0 Å². The second-order valence-corrected chi connectivity index (χ2v) is 3.85. The lowest BCUT2D eigenvalue weighted by Crippen LogP contribution is -2.08. The van der Waals surface area contributed by atoms with Crippen molar-refractivity contribution in [1.82, 2.24) is 4.57 Å². The molecule has 3 nitrogen and oxygen atoms in total. The van der Waals surface area contributed by atoms with E-state index in [1.54, 1.807) is 7.05 Å². The zero-order chi connectivity index (χ0) is 9.59. The maximum Gasteiger partial charge on any atom is 0.419 e. The molecule has 0 atom stereocenters. The molecule has 0 aliphatic carbocycles. The minimum atomic E-state index is -0.326. The molecule has 68 valence electrons. The number of aromatic nitrogens is 1. The number of rotatable bonds is 0. The topological polar surface area (TPSA) is 35.1 Å². The Morgan fingerprint density at radius 3 is 2.85 bits per heavy atom. The fourth-order valence-corrected chi connectivity index (χ4v) is 1.58. The van der Waals surface area contributed by atoms with E-state index in [0.29, 0.717) is 5.58 Å². The second kappa shape index (κ2) is 2.73. The SMILES string of the molecule is Cc1cc2c(cc1Br)oc(=O)n2C. The summed E-state index contributed by atoms with van der Waals surface area (Å²) in [6, 6.07) is 3.73. The van der Waals surface area contributed by atoms with Gasteiger partial charge in [-0.1, -0.05) is 15.9 Å². The average Bonchev–Trinajstić information content (AvgIpc) is 2.32. The molecule has 1 aromatic carbocycles. The largest absolute Gasteiger partial charge is 0.419 e. The molecule has 13 heavy (non-hydrogen) atoms. The van der Waals surface area contributed by atoms with Crippen molar-refractivity contribution in [1.29, 1.82) is 0 Å². The summed E-state index contributed by atoms with van der Waals surface area (Å²) >= 11 is 3.38. The smallest absolute Gasteiger partial charge is 0.408 e. The third kappa shape index (κ3) is 1.21. The molecule has 0 amide bonds. The Labute approximate surface area is 83.1 Å². The second-order valence-electron chi connectivity index (χ2n) is 3.00. The van der Waals surface area contributed by atoms with Gasteiger partial charge < -0.3 is 4.42 Å². The number of fused-ring (bicyclic) bond motifs is 1. The zero-order valence-electron chi connectivity index (χ0n) is 7.30. The zero-order valence-corrected chi connectivity index (χ0v) is 8.88. The number of aryl methyl sites for hydroxylation is 2. The summed E-state index contributed by atoms with van der Waals surface area (Å²) in [5, 5.41) is 0. The lowest BCUT2D eigenvalue weighted by molar-refractivity contribution is 0.528. The van der Waals surface area contributed by atoms with Crippen LogP contribution < -0.4 is 5.76 Å². The van der Waals surface area contributed by atoms with Crippen LogP contribution in [0.15, 0.2) is 25.8 Å². The van der Waals surface area contributed by atoms with Crippen LogP contribution in [0.5, 0.6) is 0 Å². The van der Waals surface area contributed by atoms with Crippen LogP contribution >= 0.6 is 15.9 Å². The van der Waals surface area contributed by atoms with Crippen molar-refractivity contribution in [3.05, 3.63) is 32.7 Å². The highest BCUT2D eigenvalue weighted by Crippen LogP contribution is 2.22. The molecule has 0 saturated heterocycles. The highest BCUT2D eigenvalue weighted by Gasteiger charge is 2.07. The molecule has 0 spiro atoms. The molecular formula is C9H8BrNO2. The van der Waals surface area contributed by atoms with Gasteiger partial charge in [-0.15, -0.1) is 0 Å². The van der Waals surface area contributed by atoms with Crippen LogP contribution in [0.3, 0.4) is 0 Å². The van der Waals surface area contributed by atoms with E-state index in [1.165, 1.54) is 4.57 Å². The fourth-order valence-electron chi connectivity index (χ4n) is 1.25. The number of hydrogen-bond acceptors (Lipinski definition) is 2. The summed E-state index contributed by atoms with van der Waals surface area (Å²) < 4.78 is 7.46. The van der Waals surface area contributed by atoms with Gasteiger partial charge in [0.15, 0.2) is 5.58 Å². The summed E-state index contributed by atoms with van der Waals surface area (Å²) in [4.78, 5) is 11.1. The van der Waals surface area contributed by atoms with E-state index in [-0.39, 0.29) is 5.76 Å². The molecule has 0 fully saturated rings. The third-order valence-corrected chi connectivity index (χ3v) is 2.93. The Hall–Kier alpha value is -1.03. The van der Waals surface area contributed by atoms with Crippen LogP contribution in [0.2, 0.25) is 0 Å². The van der Waals surface area contributed by atoms with Gasteiger partial charge in [-0.25, -0.2) is 4.79 Å². The maximum absolute atomic E-state index is 11.1. The Kier molecular flexibility index (Phi) is 1.80. The van der Waals surface area contributed by atoms with Gasteiger partial charge in [0.05, 0.1) is 5.52 Å². The number of benzene rings is 1. The first-order valence-corrected chi connectivity index (χ1v) is 4.64. The Balaban J connectivity index is 2.97. The van der Waals surface area contributed by atoms with Crippen LogP contribution in [0.4, 0.5) is 0 Å². The normalized spacial score (nSPS) is 11.0. The number of nitrogens with zero attached hydrogens (tertiary/aromatic N) is 1. The van der Waals surface area contributed by atoms with Gasteiger partial charge in [-0.3, -0.25) is 4.57 Å². The lowest BCUT2D eigenvalue weighted by atomic mass is 10.2. The quantitative estimate of drug-likeness (QED) is 0.709. The molecule has 2 rings (SSSR count). The summed E-state index contributed by atoms with van der Waals surface area (Å²) in [5.41, 5.74) is 2.53. The third-order valence-electron chi connectivity index (χ3n) is 2.07. The molecule has 0 N–H and O–H groups in total. The van der Waals surface area contributed by atoms with Crippen molar-refractivity contribution in [2.75, 3.05) is 0 Å².